The van der Waals surface area contributed by atoms with Gasteiger partial charge in [-0.05, 0) is 24.0 Å². The quantitative estimate of drug-likeness (QED) is 0.806. The molecule has 128 valence electrons. The molecule has 2 heterocycles. The number of urea groups is 1. The first kappa shape index (κ1) is 16.4. The summed E-state index contributed by atoms with van der Waals surface area (Å²) >= 11 is 0. The normalized spacial score (nSPS) is 16.5. The van der Waals surface area contributed by atoms with Crippen LogP contribution in [-0.4, -0.2) is 39.6 Å². The number of aromatic nitrogens is 1. The average molecular weight is 329 g/mol. The maximum absolute atomic E-state index is 12.5. The lowest BCUT2D eigenvalue weighted by atomic mass is 9.99. The number of carboxylic acid groups (broad SMARTS) is 1. The van der Waals surface area contributed by atoms with Crippen LogP contribution in [0.3, 0.4) is 0 Å². The molecule has 0 radical (unpaired) electrons. The Kier molecular flexibility index (Phi) is 4.46. The summed E-state index contributed by atoms with van der Waals surface area (Å²) < 4.78 is 0. The lowest BCUT2D eigenvalue weighted by Crippen LogP contribution is -2.51. The second-order valence-corrected chi connectivity index (χ2v) is 6.45. The van der Waals surface area contributed by atoms with Crippen LogP contribution in [-0.2, 0) is 17.8 Å². The molecule has 1 aliphatic heterocycles. The van der Waals surface area contributed by atoms with Gasteiger partial charge in [0.15, 0.2) is 0 Å². The fourth-order valence-electron chi connectivity index (χ4n) is 3.27. The number of nitrogens with zero attached hydrogens (tertiary/aromatic N) is 1. The number of carboxylic acids is 1. The van der Waals surface area contributed by atoms with Crippen molar-refractivity contribution in [1.29, 1.82) is 0 Å². The van der Waals surface area contributed by atoms with E-state index in [0.29, 0.717) is 19.5 Å². The van der Waals surface area contributed by atoms with Gasteiger partial charge in [-0.15, -0.1) is 0 Å². The van der Waals surface area contributed by atoms with Gasteiger partial charge in [-0.3, -0.25) is 0 Å². The predicted octanol–water partition coefficient (Wildman–Crippen LogP) is 2.73. The van der Waals surface area contributed by atoms with E-state index in [1.54, 1.807) is 4.90 Å². The highest BCUT2D eigenvalue weighted by atomic mass is 16.4. The number of aromatic amines is 1. The number of H-pyrrole nitrogens is 1. The van der Waals surface area contributed by atoms with Crippen molar-refractivity contribution in [3.8, 4) is 0 Å². The van der Waals surface area contributed by atoms with E-state index in [-0.39, 0.29) is 11.9 Å². The second kappa shape index (κ2) is 6.55. The minimum atomic E-state index is -0.985. The number of nitrogens with one attached hydrogen (secondary N) is 2. The van der Waals surface area contributed by atoms with Crippen LogP contribution in [0.5, 0.6) is 0 Å². The van der Waals surface area contributed by atoms with Crippen molar-refractivity contribution in [3.63, 3.8) is 0 Å². The van der Waals surface area contributed by atoms with Crippen molar-refractivity contribution in [3.05, 3.63) is 35.5 Å². The Balaban J connectivity index is 1.75. The third kappa shape index (κ3) is 2.96. The summed E-state index contributed by atoms with van der Waals surface area (Å²) in [6.45, 7) is 4.83. The Hall–Kier alpha value is -2.50. The van der Waals surface area contributed by atoms with Crippen molar-refractivity contribution in [2.24, 2.45) is 5.92 Å². The van der Waals surface area contributed by atoms with Crippen molar-refractivity contribution < 1.29 is 14.7 Å². The van der Waals surface area contributed by atoms with Crippen molar-refractivity contribution >= 4 is 22.9 Å². The molecule has 3 N–H and O–H groups in total. The number of carbonyl (C=O) groups excluding carboxylic acids is 1. The molecule has 6 nitrogen and oxygen atoms in total. The van der Waals surface area contributed by atoms with Crippen molar-refractivity contribution in [1.82, 2.24) is 15.2 Å². The highest BCUT2D eigenvalue weighted by Gasteiger charge is 2.29. The van der Waals surface area contributed by atoms with E-state index in [2.05, 4.69) is 16.4 Å². The lowest BCUT2D eigenvalue weighted by Gasteiger charge is -2.30. The smallest absolute Gasteiger partial charge is 0.326 e. The van der Waals surface area contributed by atoms with E-state index in [9.17, 15) is 14.7 Å². The maximum Gasteiger partial charge on any atom is 0.326 e. The molecule has 1 aliphatic rings. The first-order valence-corrected chi connectivity index (χ1v) is 8.38. The molecule has 6 heteroatoms. The van der Waals surface area contributed by atoms with Gasteiger partial charge in [0.1, 0.15) is 6.04 Å². The lowest BCUT2D eigenvalue weighted by molar-refractivity contribution is -0.140. The molecule has 2 aromatic rings. The molecule has 0 aliphatic carbocycles. The molecule has 0 saturated heterocycles. The van der Waals surface area contributed by atoms with E-state index in [1.165, 1.54) is 10.9 Å². The number of aliphatic carboxylic acids is 1. The summed E-state index contributed by atoms with van der Waals surface area (Å²) in [5, 5.41) is 13.2. The summed E-state index contributed by atoms with van der Waals surface area (Å²) in [6.07, 6.45) is 1.47. The molecular weight excluding hydrogens is 306 g/mol. The first-order valence-electron chi connectivity index (χ1n) is 8.38. The zero-order chi connectivity index (χ0) is 17.3. The van der Waals surface area contributed by atoms with E-state index >= 15 is 0 Å². The number of para-hydroxylation sites is 1. The molecule has 1 aromatic heterocycles. The maximum atomic E-state index is 12.5. The topological polar surface area (TPSA) is 85.4 Å². The molecule has 0 spiro atoms. The number of hydrogen-bond acceptors (Lipinski definition) is 2. The van der Waals surface area contributed by atoms with Gasteiger partial charge in [0, 0.05) is 23.1 Å². The van der Waals surface area contributed by atoms with Crippen LogP contribution in [0.1, 0.15) is 31.5 Å². The van der Waals surface area contributed by atoms with Gasteiger partial charge < -0.3 is 20.3 Å². The Bertz CT molecular complexity index is 768. The average Bonchev–Trinajstić information content (AvgIpc) is 2.96. The van der Waals surface area contributed by atoms with Crippen LogP contribution >= 0.6 is 0 Å². The highest BCUT2D eigenvalue weighted by Crippen LogP contribution is 2.27. The largest absolute Gasteiger partial charge is 0.480 e. The Morgan fingerprint density at radius 1 is 1.38 bits per heavy atom. The molecule has 24 heavy (non-hydrogen) atoms. The fourth-order valence-corrected chi connectivity index (χ4v) is 3.27. The molecule has 0 saturated carbocycles. The van der Waals surface area contributed by atoms with Gasteiger partial charge in [0.25, 0.3) is 0 Å². The van der Waals surface area contributed by atoms with E-state index in [0.717, 1.165) is 17.6 Å². The van der Waals surface area contributed by atoms with Crippen molar-refractivity contribution in [2.45, 2.75) is 39.3 Å². The number of carbonyl (C=O) groups is 2. The van der Waals surface area contributed by atoms with Crippen LogP contribution in [0.15, 0.2) is 24.3 Å². The third-order valence-corrected chi connectivity index (χ3v) is 4.93. The summed E-state index contributed by atoms with van der Waals surface area (Å²) in [4.78, 5) is 28.9. The number of fused-ring (bicyclic) bond motifs is 3. The summed E-state index contributed by atoms with van der Waals surface area (Å²) in [6, 6.07) is 6.95. The van der Waals surface area contributed by atoms with Crippen LogP contribution < -0.4 is 5.32 Å². The predicted molar refractivity (Wildman–Crippen MR) is 91.8 cm³/mol. The van der Waals surface area contributed by atoms with Crippen LogP contribution in [0.25, 0.3) is 10.9 Å². The molecule has 0 fully saturated rings. The van der Waals surface area contributed by atoms with Crippen molar-refractivity contribution in [2.75, 3.05) is 6.54 Å². The number of rotatable bonds is 4. The Morgan fingerprint density at radius 2 is 2.12 bits per heavy atom. The summed E-state index contributed by atoms with van der Waals surface area (Å²) in [7, 11) is 0. The Labute approximate surface area is 140 Å². The van der Waals surface area contributed by atoms with Gasteiger partial charge in [-0.2, -0.15) is 0 Å². The first-order chi connectivity index (χ1) is 11.5. The van der Waals surface area contributed by atoms with Crippen LogP contribution in [0.2, 0.25) is 0 Å². The molecule has 1 aromatic carbocycles. The SMILES string of the molecule is CC[C@@H](C)[C@@H](NC(=O)N1CCc2c([nH]c3ccccc23)C1)C(=O)O. The number of hydrogen-bond donors (Lipinski definition) is 3. The van der Waals surface area contributed by atoms with E-state index in [4.69, 9.17) is 0 Å². The molecule has 0 unspecified atom stereocenters. The van der Waals surface area contributed by atoms with Gasteiger partial charge >= 0.3 is 12.0 Å². The van der Waals surface area contributed by atoms with Gasteiger partial charge in [-0.1, -0.05) is 38.5 Å². The van der Waals surface area contributed by atoms with E-state index in [1.807, 2.05) is 32.0 Å². The van der Waals surface area contributed by atoms with Gasteiger partial charge in [0.2, 0.25) is 0 Å². The minimum absolute atomic E-state index is 0.111. The highest BCUT2D eigenvalue weighted by molar-refractivity contribution is 5.86. The third-order valence-electron chi connectivity index (χ3n) is 4.93. The molecule has 2 atom stereocenters. The standard InChI is InChI=1S/C18H23N3O3/c1-3-11(2)16(17(22)23)20-18(24)21-9-8-13-12-6-4-5-7-14(12)19-15(13)10-21/h4-7,11,16,19H,3,8-10H2,1-2H3,(H,20,24)(H,22,23)/t11-,16-/m1/s1. The number of amides is 2. The summed E-state index contributed by atoms with van der Waals surface area (Å²) in [5.41, 5.74) is 3.37. The van der Waals surface area contributed by atoms with E-state index < -0.39 is 12.0 Å². The molecule has 2 amide bonds. The monoisotopic (exact) mass is 329 g/mol. The zero-order valence-electron chi connectivity index (χ0n) is 14.0. The molecule has 0 bridgehead atoms. The molecular formula is C18H23N3O3. The zero-order valence-corrected chi connectivity index (χ0v) is 14.0. The second-order valence-electron chi connectivity index (χ2n) is 6.45. The number of benzene rings is 1. The minimum Gasteiger partial charge on any atom is -0.480 e. The summed E-state index contributed by atoms with van der Waals surface area (Å²) in [5.74, 6) is -1.10. The fraction of sp³-hybridized carbons (Fsp3) is 0.444. The Morgan fingerprint density at radius 3 is 2.83 bits per heavy atom. The van der Waals surface area contributed by atoms with Crippen LogP contribution in [0.4, 0.5) is 4.79 Å². The van der Waals surface area contributed by atoms with Gasteiger partial charge in [0.05, 0.1) is 6.54 Å². The molecule has 3 rings (SSSR count). The van der Waals surface area contributed by atoms with Gasteiger partial charge in [-0.25, -0.2) is 9.59 Å². The van der Waals surface area contributed by atoms with Crippen LogP contribution in [0, 0.1) is 5.92 Å².